The van der Waals surface area contributed by atoms with Gasteiger partial charge in [0.1, 0.15) is 0 Å². The molecule has 20 heavy (non-hydrogen) atoms. The summed E-state index contributed by atoms with van der Waals surface area (Å²) in [5, 5.41) is 6.63. The summed E-state index contributed by atoms with van der Waals surface area (Å²) in [5.74, 6) is 2.10. The highest BCUT2D eigenvalue weighted by molar-refractivity contribution is 14.0. The number of thioether (sulfide) groups is 1. The van der Waals surface area contributed by atoms with Gasteiger partial charge in [-0.2, -0.15) is 11.8 Å². The molecule has 1 heterocycles. The van der Waals surface area contributed by atoms with E-state index in [4.69, 9.17) is 0 Å². The summed E-state index contributed by atoms with van der Waals surface area (Å²) in [7, 11) is 1.80. The van der Waals surface area contributed by atoms with Gasteiger partial charge in [0.05, 0.1) is 0 Å². The minimum atomic E-state index is 0. The van der Waals surface area contributed by atoms with Crippen molar-refractivity contribution in [3.8, 4) is 0 Å². The minimum Gasteiger partial charge on any atom is -0.356 e. The summed E-state index contributed by atoms with van der Waals surface area (Å²) in [6, 6.07) is 5.99. The van der Waals surface area contributed by atoms with Gasteiger partial charge in [0.15, 0.2) is 5.96 Å². The largest absolute Gasteiger partial charge is 0.356 e. The molecular formula is C14H25IN4S. The van der Waals surface area contributed by atoms with E-state index in [2.05, 4.69) is 26.9 Å². The highest BCUT2D eigenvalue weighted by Crippen LogP contribution is 1.97. The van der Waals surface area contributed by atoms with Crippen LogP contribution in [0.2, 0.25) is 0 Å². The molecule has 1 rings (SSSR count). The van der Waals surface area contributed by atoms with E-state index in [9.17, 15) is 0 Å². The van der Waals surface area contributed by atoms with Crippen LogP contribution in [0.5, 0.6) is 0 Å². The second kappa shape index (κ2) is 13.5. The van der Waals surface area contributed by atoms with Crippen molar-refractivity contribution < 1.29 is 0 Å². The third-order valence-electron chi connectivity index (χ3n) is 2.69. The number of aliphatic imine (C=N–C) groups is 1. The lowest BCUT2D eigenvalue weighted by molar-refractivity contribution is 0.728. The molecule has 0 amide bonds. The van der Waals surface area contributed by atoms with Gasteiger partial charge >= 0.3 is 0 Å². The number of hydrogen-bond donors (Lipinski definition) is 2. The van der Waals surface area contributed by atoms with Gasteiger partial charge in [-0.25, -0.2) is 0 Å². The van der Waals surface area contributed by atoms with E-state index >= 15 is 0 Å². The third-order valence-corrected chi connectivity index (χ3v) is 3.39. The molecule has 6 heteroatoms. The van der Waals surface area contributed by atoms with Crippen molar-refractivity contribution in [3.05, 3.63) is 30.1 Å². The molecule has 0 atom stereocenters. The molecule has 4 nitrogen and oxygen atoms in total. The lowest BCUT2D eigenvalue weighted by Crippen LogP contribution is -2.38. The maximum absolute atomic E-state index is 4.29. The van der Waals surface area contributed by atoms with Crippen LogP contribution in [0.4, 0.5) is 0 Å². The molecular weight excluding hydrogens is 383 g/mol. The van der Waals surface area contributed by atoms with E-state index < -0.39 is 0 Å². The van der Waals surface area contributed by atoms with E-state index in [1.165, 1.54) is 18.6 Å². The van der Waals surface area contributed by atoms with Crippen molar-refractivity contribution in [1.82, 2.24) is 15.6 Å². The van der Waals surface area contributed by atoms with E-state index in [0.29, 0.717) is 0 Å². The molecule has 114 valence electrons. The maximum Gasteiger partial charge on any atom is 0.190 e. The van der Waals surface area contributed by atoms with Crippen LogP contribution in [0.3, 0.4) is 0 Å². The number of unbranched alkanes of at least 4 members (excludes halogenated alkanes) is 1. The molecule has 0 aliphatic carbocycles. The number of guanidine groups is 1. The Labute approximate surface area is 143 Å². The molecule has 0 radical (unpaired) electrons. The predicted octanol–water partition coefficient (Wildman–Crippen LogP) is 2.55. The van der Waals surface area contributed by atoms with Gasteiger partial charge in [-0.3, -0.25) is 9.98 Å². The Balaban J connectivity index is 0.00000361. The average Bonchev–Trinajstić information content (AvgIpc) is 2.46. The molecule has 0 aromatic carbocycles. The van der Waals surface area contributed by atoms with Crippen molar-refractivity contribution in [2.45, 2.75) is 19.3 Å². The Morgan fingerprint density at radius 2 is 2.05 bits per heavy atom. The smallest absolute Gasteiger partial charge is 0.190 e. The van der Waals surface area contributed by atoms with E-state index in [1.807, 2.05) is 36.2 Å². The van der Waals surface area contributed by atoms with Crippen LogP contribution in [0.1, 0.15) is 18.5 Å². The van der Waals surface area contributed by atoms with Crippen LogP contribution < -0.4 is 10.6 Å². The molecule has 0 saturated carbocycles. The van der Waals surface area contributed by atoms with Crippen LogP contribution in [0.15, 0.2) is 29.4 Å². The summed E-state index contributed by atoms with van der Waals surface area (Å²) in [4.78, 5) is 8.50. The SMILES string of the molecule is CN=C(NCCCCSC)NCCc1ccccn1.I. The predicted molar refractivity (Wildman–Crippen MR) is 100 cm³/mol. The molecule has 1 aromatic heterocycles. The first-order chi connectivity index (χ1) is 9.36. The number of pyridine rings is 1. The summed E-state index contributed by atoms with van der Waals surface area (Å²) >= 11 is 1.90. The zero-order chi connectivity index (χ0) is 13.8. The van der Waals surface area contributed by atoms with Crippen molar-refractivity contribution >= 4 is 41.7 Å². The lowest BCUT2D eigenvalue weighted by Gasteiger charge is -2.11. The lowest BCUT2D eigenvalue weighted by atomic mass is 10.3. The number of rotatable bonds is 8. The van der Waals surface area contributed by atoms with Crippen molar-refractivity contribution in [2.24, 2.45) is 4.99 Å². The molecule has 0 unspecified atom stereocenters. The van der Waals surface area contributed by atoms with Gasteiger partial charge in [-0.1, -0.05) is 6.07 Å². The van der Waals surface area contributed by atoms with Gasteiger partial charge in [0.2, 0.25) is 0 Å². The van der Waals surface area contributed by atoms with Gasteiger partial charge in [0.25, 0.3) is 0 Å². The molecule has 0 saturated heterocycles. The van der Waals surface area contributed by atoms with Crippen LogP contribution in [-0.2, 0) is 6.42 Å². The first kappa shape index (κ1) is 19.5. The fourth-order valence-corrected chi connectivity index (χ4v) is 2.15. The highest BCUT2D eigenvalue weighted by atomic mass is 127. The fraction of sp³-hybridized carbons (Fsp3) is 0.571. The number of halogens is 1. The van der Waals surface area contributed by atoms with Gasteiger partial charge < -0.3 is 10.6 Å². The van der Waals surface area contributed by atoms with E-state index in [1.54, 1.807) is 7.05 Å². The number of nitrogens with zero attached hydrogens (tertiary/aromatic N) is 2. The summed E-state index contributed by atoms with van der Waals surface area (Å²) < 4.78 is 0. The molecule has 0 aliphatic heterocycles. The Kier molecular flexibility index (Phi) is 13.1. The maximum atomic E-state index is 4.29. The standard InChI is InChI=1S/C14H24N4S.HI/c1-15-14(17-10-5-6-12-19-2)18-11-8-13-7-3-4-9-16-13;/h3-4,7,9H,5-6,8,10-12H2,1-2H3,(H2,15,17,18);1H. The molecule has 0 spiro atoms. The third kappa shape index (κ3) is 9.41. The topological polar surface area (TPSA) is 49.3 Å². The van der Waals surface area contributed by atoms with Crippen molar-refractivity contribution in [3.63, 3.8) is 0 Å². The normalized spacial score (nSPS) is 10.8. The quantitative estimate of drug-likeness (QED) is 0.301. The molecule has 2 N–H and O–H groups in total. The number of aromatic nitrogens is 1. The fourth-order valence-electron chi connectivity index (χ4n) is 1.65. The van der Waals surface area contributed by atoms with Crippen LogP contribution in [0, 0.1) is 0 Å². The van der Waals surface area contributed by atoms with Gasteiger partial charge in [0, 0.05) is 38.4 Å². The number of nitrogens with one attached hydrogen (secondary N) is 2. The Morgan fingerprint density at radius 3 is 2.70 bits per heavy atom. The van der Waals surface area contributed by atoms with E-state index in [-0.39, 0.29) is 24.0 Å². The first-order valence-electron chi connectivity index (χ1n) is 6.70. The number of hydrogen-bond acceptors (Lipinski definition) is 3. The second-order valence-corrected chi connectivity index (χ2v) is 5.18. The summed E-state index contributed by atoms with van der Waals surface area (Å²) in [6.45, 7) is 1.82. The Hall–Kier alpha value is -0.500. The van der Waals surface area contributed by atoms with Gasteiger partial charge in [-0.05, 0) is 37.0 Å². The first-order valence-corrected chi connectivity index (χ1v) is 8.09. The second-order valence-electron chi connectivity index (χ2n) is 4.20. The van der Waals surface area contributed by atoms with Crippen LogP contribution in [-0.4, -0.2) is 43.1 Å². The summed E-state index contributed by atoms with van der Waals surface area (Å²) in [6.07, 6.45) is 7.31. The van der Waals surface area contributed by atoms with Crippen LogP contribution in [0.25, 0.3) is 0 Å². The molecule has 0 aliphatic rings. The monoisotopic (exact) mass is 408 g/mol. The zero-order valence-corrected chi connectivity index (χ0v) is 15.4. The van der Waals surface area contributed by atoms with Crippen molar-refractivity contribution in [2.75, 3.05) is 32.1 Å². The Morgan fingerprint density at radius 1 is 1.25 bits per heavy atom. The highest BCUT2D eigenvalue weighted by Gasteiger charge is 1.97. The molecule has 0 fully saturated rings. The average molecular weight is 408 g/mol. The zero-order valence-electron chi connectivity index (χ0n) is 12.3. The van der Waals surface area contributed by atoms with Gasteiger partial charge in [-0.15, -0.1) is 24.0 Å². The molecule has 1 aromatic rings. The minimum absolute atomic E-state index is 0. The summed E-state index contributed by atoms with van der Waals surface area (Å²) in [5.41, 5.74) is 1.10. The molecule has 0 bridgehead atoms. The Bertz CT molecular complexity index is 359. The van der Waals surface area contributed by atoms with E-state index in [0.717, 1.165) is 31.2 Å². The van der Waals surface area contributed by atoms with Crippen LogP contribution >= 0.6 is 35.7 Å². The van der Waals surface area contributed by atoms with Crippen molar-refractivity contribution in [1.29, 1.82) is 0 Å².